The molecule has 5 nitrogen and oxygen atoms in total. The maximum atomic E-state index is 12.0. The largest absolute Gasteiger partial charge is 0.507 e. The van der Waals surface area contributed by atoms with Crippen LogP contribution in [0.3, 0.4) is 0 Å². The van der Waals surface area contributed by atoms with Crippen molar-refractivity contribution in [3.05, 3.63) is 23.8 Å². The molecule has 1 N–H and O–H groups in total. The van der Waals surface area contributed by atoms with Crippen LogP contribution in [-0.4, -0.2) is 24.2 Å². The average Bonchev–Trinajstić information content (AvgIpc) is 2.77. The number of carbonyl (C=O) groups is 2. The number of benzene rings is 1. The molecular formula is C26H42O5. The molecule has 0 aliphatic carbocycles. The zero-order valence-electron chi connectivity index (χ0n) is 19.6. The number of hydrogen-bond acceptors (Lipinski definition) is 5. The van der Waals surface area contributed by atoms with Gasteiger partial charge in [0.1, 0.15) is 17.1 Å². The lowest BCUT2D eigenvalue weighted by Crippen LogP contribution is -2.09. The van der Waals surface area contributed by atoms with Gasteiger partial charge in [-0.05, 0) is 24.6 Å². The molecule has 0 amide bonds. The molecule has 1 rings (SSSR count). The zero-order chi connectivity index (χ0) is 22.7. The molecule has 0 spiro atoms. The molecule has 5 heteroatoms. The third kappa shape index (κ3) is 13.1. The van der Waals surface area contributed by atoms with Gasteiger partial charge in [-0.3, -0.25) is 4.79 Å². The minimum Gasteiger partial charge on any atom is -0.507 e. The number of esters is 2. The smallest absolute Gasteiger partial charge is 0.341 e. The van der Waals surface area contributed by atoms with E-state index in [-0.39, 0.29) is 23.0 Å². The van der Waals surface area contributed by atoms with E-state index in [9.17, 15) is 14.7 Å². The second-order valence-electron chi connectivity index (χ2n) is 8.34. The van der Waals surface area contributed by atoms with Crippen molar-refractivity contribution in [3.8, 4) is 11.5 Å². The monoisotopic (exact) mass is 434 g/mol. The van der Waals surface area contributed by atoms with Crippen LogP contribution in [0, 0.1) is 0 Å². The van der Waals surface area contributed by atoms with E-state index in [0.717, 1.165) is 19.3 Å². The van der Waals surface area contributed by atoms with E-state index in [1.54, 1.807) is 0 Å². The molecule has 0 heterocycles. The number of hydrogen-bond donors (Lipinski definition) is 1. The van der Waals surface area contributed by atoms with Gasteiger partial charge in [-0.2, -0.15) is 0 Å². The van der Waals surface area contributed by atoms with Crippen LogP contribution in [0.4, 0.5) is 0 Å². The minimum atomic E-state index is -0.669. The first-order valence-electron chi connectivity index (χ1n) is 12.2. The van der Waals surface area contributed by atoms with Crippen molar-refractivity contribution in [2.24, 2.45) is 0 Å². The van der Waals surface area contributed by atoms with Crippen molar-refractivity contribution < 1.29 is 24.2 Å². The Bertz CT molecular complexity index is 626. The van der Waals surface area contributed by atoms with Crippen LogP contribution < -0.4 is 4.74 Å². The lowest BCUT2D eigenvalue weighted by Gasteiger charge is -2.07. The lowest BCUT2D eigenvalue weighted by atomic mass is 10.0. The first-order chi connectivity index (χ1) is 15.1. The molecule has 0 bridgehead atoms. The quantitative estimate of drug-likeness (QED) is 0.149. The van der Waals surface area contributed by atoms with E-state index < -0.39 is 5.97 Å². The van der Waals surface area contributed by atoms with Gasteiger partial charge < -0.3 is 14.6 Å². The number of ether oxygens (including phenoxy) is 2. The van der Waals surface area contributed by atoms with Crippen molar-refractivity contribution in [3.63, 3.8) is 0 Å². The Labute approximate surface area is 188 Å². The second-order valence-corrected chi connectivity index (χ2v) is 8.34. The Kier molecular flexibility index (Phi) is 15.3. The molecule has 0 atom stereocenters. The third-order valence-corrected chi connectivity index (χ3v) is 5.59. The van der Waals surface area contributed by atoms with Crippen LogP contribution in [0.2, 0.25) is 0 Å². The summed E-state index contributed by atoms with van der Waals surface area (Å²) in [5.41, 5.74) is -0.0141. The van der Waals surface area contributed by atoms with Crippen molar-refractivity contribution in [2.45, 2.75) is 110 Å². The molecule has 0 fully saturated rings. The Hall–Kier alpha value is -2.04. The van der Waals surface area contributed by atoms with Gasteiger partial charge in [0.15, 0.2) is 0 Å². The number of carbonyl (C=O) groups excluding carboxylic acids is 2. The molecule has 0 saturated carbocycles. The number of rotatable bonds is 18. The van der Waals surface area contributed by atoms with Crippen LogP contribution in [0.25, 0.3) is 0 Å². The summed E-state index contributed by atoms with van der Waals surface area (Å²) in [7, 11) is 1.23. The Morgan fingerprint density at radius 2 is 1.26 bits per heavy atom. The lowest BCUT2D eigenvalue weighted by molar-refractivity contribution is -0.134. The summed E-state index contributed by atoms with van der Waals surface area (Å²) in [6.45, 7) is 2.26. The van der Waals surface area contributed by atoms with Crippen LogP contribution in [0.15, 0.2) is 18.2 Å². The normalized spacial score (nSPS) is 10.8. The van der Waals surface area contributed by atoms with E-state index in [0.29, 0.717) is 6.42 Å². The second kappa shape index (κ2) is 17.6. The van der Waals surface area contributed by atoms with E-state index in [4.69, 9.17) is 4.74 Å². The predicted molar refractivity (Wildman–Crippen MR) is 125 cm³/mol. The fourth-order valence-electron chi connectivity index (χ4n) is 3.68. The fraction of sp³-hybridized carbons (Fsp3) is 0.692. The molecule has 0 aliphatic rings. The molecule has 0 aromatic heterocycles. The number of phenolic OH excluding ortho intramolecular Hbond substituents is 1. The first kappa shape index (κ1) is 27.0. The molecule has 0 radical (unpaired) electrons. The Balaban J connectivity index is 1.99. The number of aromatic hydroxyl groups is 1. The number of unbranched alkanes of at least 4 members (excludes halogenated alkanes) is 14. The van der Waals surface area contributed by atoms with E-state index in [1.165, 1.54) is 102 Å². The summed E-state index contributed by atoms with van der Waals surface area (Å²) < 4.78 is 9.86. The minimum absolute atomic E-state index is 0.0141. The predicted octanol–water partition coefficient (Wildman–Crippen LogP) is 7.35. The van der Waals surface area contributed by atoms with Gasteiger partial charge in [-0.15, -0.1) is 0 Å². The Morgan fingerprint density at radius 1 is 0.774 bits per heavy atom. The van der Waals surface area contributed by atoms with Crippen LogP contribution in [0.1, 0.15) is 120 Å². The fourth-order valence-corrected chi connectivity index (χ4v) is 3.68. The summed E-state index contributed by atoms with van der Waals surface area (Å²) in [5, 5.41) is 9.68. The molecule has 0 saturated heterocycles. The molecular weight excluding hydrogens is 392 g/mol. The summed E-state index contributed by atoms with van der Waals surface area (Å²) in [4.78, 5) is 23.6. The highest BCUT2D eigenvalue weighted by molar-refractivity contribution is 5.93. The maximum Gasteiger partial charge on any atom is 0.341 e. The maximum absolute atomic E-state index is 12.0. The highest BCUT2D eigenvalue weighted by Crippen LogP contribution is 2.24. The summed E-state index contributed by atoms with van der Waals surface area (Å²) in [6.07, 6.45) is 19.6. The third-order valence-electron chi connectivity index (χ3n) is 5.59. The summed E-state index contributed by atoms with van der Waals surface area (Å²) >= 11 is 0. The molecule has 0 unspecified atom stereocenters. The molecule has 0 aliphatic heterocycles. The van der Waals surface area contributed by atoms with Gasteiger partial charge in [0.2, 0.25) is 0 Å². The topological polar surface area (TPSA) is 72.8 Å². The van der Waals surface area contributed by atoms with Crippen molar-refractivity contribution in [2.75, 3.05) is 7.11 Å². The standard InChI is InChI=1S/C26H42O5/c1-3-4-5-6-7-8-9-10-11-12-13-14-15-16-17-18-25(28)31-22-19-20-24(27)23(21-22)26(29)30-2/h19-21,27H,3-18H2,1-2H3. The molecule has 1 aromatic carbocycles. The summed E-state index contributed by atoms with van der Waals surface area (Å²) in [5.74, 6) is -0.952. The van der Waals surface area contributed by atoms with Gasteiger partial charge in [0, 0.05) is 6.42 Å². The molecule has 1 aromatic rings. The van der Waals surface area contributed by atoms with E-state index >= 15 is 0 Å². The van der Waals surface area contributed by atoms with Crippen LogP contribution >= 0.6 is 0 Å². The SMILES string of the molecule is CCCCCCCCCCCCCCCCCC(=O)Oc1ccc(O)c(C(=O)OC)c1. The van der Waals surface area contributed by atoms with E-state index in [1.807, 2.05) is 0 Å². The summed E-state index contributed by atoms with van der Waals surface area (Å²) in [6, 6.07) is 4.11. The highest BCUT2D eigenvalue weighted by atomic mass is 16.5. The van der Waals surface area contributed by atoms with Gasteiger partial charge in [-0.25, -0.2) is 4.79 Å². The van der Waals surface area contributed by atoms with Crippen LogP contribution in [0.5, 0.6) is 11.5 Å². The van der Waals surface area contributed by atoms with Gasteiger partial charge in [-0.1, -0.05) is 96.8 Å². The van der Waals surface area contributed by atoms with E-state index in [2.05, 4.69) is 11.7 Å². The number of phenols is 1. The van der Waals surface area contributed by atoms with Crippen molar-refractivity contribution >= 4 is 11.9 Å². The van der Waals surface area contributed by atoms with Crippen molar-refractivity contribution in [1.29, 1.82) is 0 Å². The van der Waals surface area contributed by atoms with Crippen LogP contribution in [-0.2, 0) is 9.53 Å². The number of methoxy groups -OCH3 is 1. The first-order valence-corrected chi connectivity index (χ1v) is 12.2. The average molecular weight is 435 g/mol. The van der Waals surface area contributed by atoms with Gasteiger partial charge in [0.25, 0.3) is 0 Å². The van der Waals surface area contributed by atoms with Gasteiger partial charge in [0.05, 0.1) is 7.11 Å². The Morgan fingerprint density at radius 3 is 1.74 bits per heavy atom. The van der Waals surface area contributed by atoms with Crippen molar-refractivity contribution in [1.82, 2.24) is 0 Å². The zero-order valence-corrected chi connectivity index (χ0v) is 19.6. The van der Waals surface area contributed by atoms with Gasteiger partial charge >= 0.3 is 11.9 Å². The molecule has 176 valence electrons. The molecule has 31 heavy (non-hydrogen) atoms. The highest BCUT2D eigenvalue weighted by Gasteiger charge is 2.14.